The van der Waals surface area contributed by atoms with Gasteiger partial charge in [-0.1, -0.05) is 71.9 Å². The Morgan fingerprint density at radius 2 is 1.67 bits per heavy atom. The molecule has 0 saturated carbocycles. The lowest BCUT2D eigenvalue weighted by molar-refractivity contribution is -0.141. The Morgan fingerprint density at radius 1 is 1.00 bits per heavy atom. The first kappa shape index (κ1) is 18.3. The van der Waals surface area contributed by atoms with Gasteiger partial charge in [0.2, 0.25) is 0 Å². The van der Waals surface area contributed by atoms with Crippen LogP contribution in [0.25, 0.3) is 0 Å². The van der Waals surface area contributed by atoms with E-state index in [4.69, 9.17) is 4.74 Å². The molecule has 2 aromatic carbocycles. The van der Waals surface area contributed by atoms with Gasteiger partial charge in [0, 0.05) is 18.1 Å². The lowest BCUT2D eigenvalue weighted by Gasteiger charge is -2.15. The number of carbonyl (C=O) groups excluding carboxylic acids is 2. The van der Waals surface area contributed by atoms with E-state index in [-0.39, 0.29) is 23.4 Å². The van der Waals surface area contributed by atoms with Crippen LogP contribution in [0.3, 0.4) is 0 Å². The van der Waals surface area contributed by atoms with E-state index in [1.54, 1.807) is 0 Å². The second-order valence-electron chi connectivity index (χ2n) is 5.74. The molecule has 0 aliphatic heterocycles. The van der Waals surface area contributed by atoms with Crippen LogP contribution < -0.4 is 0 Å². The Kier molecular flexibility index (Phi) is 7.07. The molecular weight excluding hydrogens is 320 g/mol. The molecule has 1 atom stereocenters. The first-order valence-corrected chi connectivity index (χ1v) is 8.90. The summed E-state index contributed by atoms with van der Waals surface area (Å²) in [4.78, 5) is 24.0. The van der Waals surface area contributed by atoms with Crippen LogP contribution in [0.2, 0.25) is 0 Å². The molecule has 0 saturated heterocycles. The second kappa shape index (κ2) is 9.28. The summed E-state index contributed by atoms with van der Waals surface area (Å²) in [6.07, 6.45) is 0.548. The van der Waals surface area contributed by atoms with E-state index in [0.29, 0.717) is 12.2 Å². The van der Waals surface area contributed by atoms with Gasteiger partial charge in [0.25, 0.3) is 0 Å². The molecule has 0 aromatic heterocycles. The molecule has 0 amide bonds. The maximum Gasteiger partial charge on any atom is 0.306 e. The minimum Gasteiger partial charge on any atom is -0.469 e. The van der Waals surface area contributed by atoms with Crippen LogP contribution >= 0.6 is 11.8 Å². The summed E-state index contributed by atoms with van der Waals surface area (Å²) in [5.41, 5.74) is 3.27. The number of hydrogen-bond acceptors (Lipinski definition) is 4. The molecule has 3 nitrogen and oxygen atoms in total. The summed E-state index contributed by atoms with van der Waals surface area (Å²) >= 11 is 1.30. The average Bonchev–Trinajstić information content (AvgIpc) is 2.61. The van der Waals surface area contributed by atoms with E-state index in [9.17, 15) is 9.59 Å². The molecule has 0 radical (unpaired) electrons. The zero-order chi connectivity index (χ0) is 17.4. The third kappa shape index (κ3) is 5.85. The fourth-order valence-corrected chi connectivity index (χ4v) is 3.27. The van der Waals surface area contributed by atoms with Crippen molar-refractivity contribution in [1.82, 2.24) is 0 Å². The van der Waals surface area contributed by atoms with E-state index < -0.39 is 0 Å². The van der Waals surface area contributed by atoms with Crippen LogP contribution in [-0.4, -0.2) is 18.2 Å². The standard InChI is InChI=1S/C20H22O3S/c1-15-8-10-17(11-9-15)18(12-19(21)23-2)13-20(22)24-14-16-6-4-3-5-7-16/h3-11,18H,12-14H2,1-2H3/t18-/m1/s1. The van der Waals surface area contributed by atoms with Crippen LogP contribution in [0.5, 0.6) is 0 Å². The molecule has 0 heterocycles. The van der Waals surface area contributed by atoms with E-state index >= 15 is 0 Å². The summed E-state index contributed by atoms with van der Waals surface area (Å²) in [5.74, 6) is 0.216. The summed E-state index contributed by atoms with van der Waals surface area (Å²) in [5, 5.41) is 0.0910. The Labute approximate surface area is 147 Å². The largest absolute Gasteiger partial charge is 0.469 e. The zero-order valence-corrected chi connectivity index (χ0v) is 14.8. The molecule has 4 heteroatoms. The van der Waals surface area contributed by atoms with E-state index in [1.165, 1.54) is 18.9 Å². The Balaban J connectivity index is 2.00. The second-order valence-corrected chi connectivity index (χ2v) is 6.77. The molecule has 0 aliphatic carbocycles. The van der Waals surface area contributed by atoms with Gasteiger partial charge in [0.05, 0.1) is 13.5 Å². The fraction of sp³-hybridized carbons (Fsp3) is 0.300. The molecule has 126 valence electrons. The summed E-state index contributed by atoms with van der Waals surface area (Å²) in [6, 6.07) is 17.9. The first-order chi connectivity index (χ1) is 11.6. The van der Waals surface area contributed by atoms with Gasteiger partial charge in [0.15, 0.2) is 5.12 Å². The van der Waals surface area contributed by atoms with E-state index in [2.05, 4.69) is 0 Å². The van der Waals surface area contributed by atoms with Crippen molar-refractivity contribution < 1.29 is 14.3 Å². The zero-order valence-electron chi connectivity index (χ0n) is 14.0. The Morgan fingerprint density at radius 3 is 2.29 bits per heavy atom. The minimum atomic E-state index is -0.290. The molecule has 2 rings (SSSR count). The number of carbonyl (C=O) groups is 2. The lowest BCUT2D eigenvalue weighted by atomic mass is 9.92. The van der Waals surface area contributed by atoms with Gasteiger partial charge < -0.3 is 4.74 Å². The third-order valence-corrected chi connectivity index (χ3v) is 4.81. The molecule has 0 aliphatic rings. The van der Waals surface area contributed by atoms with Crippen LogP contribution in [0.15, 0.2) is 54.6 Å². The molecule has 2 aromatic rings. The smallest absolute Gasteiger partial charge is 0.306 e. The van der Waals surface area contributed by atoms with Crippen molar-refractivity contribution in [2.24, 2.45) is 0 Å². The molecule has 0 unspecified atom stereocenters. The van der Waals surface area contributed by atoms with Crippen molar-refractivity contribution in [3.63, 3.8) is 0 Å². The number of thioether (sulfide) groups is 1. The summed E-state index contributed by atoms with van der Waals surface area (Å²) in [7, 11) is 1.38. The average molecular weight is 342 g/mol. The third-order valence-electron chi connectivity index (χ3n) is 3.85. The Bertz CT molecular complexity index is 665. The van der Waals surface area contributed by atoms with Crippen molar-refractivity contribution >= 4 is 22.8 Å². The summed E-state index contributed by atoms with van der Waals surface area (Å²) < 4.78 is 4.78. The molecule has 0 bridgehead atoms. The van der Waals surface area contributed by atoms with Gasteiger partial charge >= 0.3 is 5.97 Å². The van der Waals surface area contributed by atoms with Crippen molar-refractivity contribution in [2.45, 2.75) is 31.4 Å². The van der Waals surface area contributed by atoms with Crippen molar-refractivity contribution in [3.8, 4) is 0 Å². The molecule has 0 spiro atoms. The monoisotopic (exact) mass is 342 g/mol. The van der Waals surface area contributed by atoms with Gasteiger partial charge in [-0.3, -0.25) is 9.59 Å². The van der Waals surface area contributed by atoms with Gasteiger partial charge in [-0.2, -0.15) is 0 Å². The Hall–Kier alpha value is -2.07. The number of rotatable bonds is 7. The predicted molar refractivity (Wildman–Crippen MR) is 97.9 cm³/mol. The topological polar surface area (TPSA) is 43.4 Å². The quantitative estimate of drug-likeness (QED) is 0.695. The predicted octanol–water partition coefficient (Wildman–Crippen LogP) is 4.49. The first-order valence-electron chi connectivity index (χ1n) is 7.91. The molecule has 0 fully saturated rings. The van der Waals surface area contributed by atoms with Gasteiger partial charge in [-0.15, -0.1) is 0 Å². The maximum atomic E-state index is 12.3. The highest BCUT2D eigenvalue weighted by molar-refractivity contribution is 8.12. The number of hydrogen-bond donors (Lipinski definition) is 0. The summed E-state index contributed by atoms with van der Waals surface area (Å²) in [6.45, 7) is 2.01. The highest BCUT2D eigenvalue weighted by Crippen LogP contribution is 2.28. The molecule has 24 heavy (non-hydrogen) atoms. The van der Waals surface area contributed by atoms with Crippen molar-refractivity contribution in [3.05, 3.63) is 71.3 Å². The highest BCUT2D eigenvalue weighted by atomic mass is 32.2. The number of methoxy groups -OCH3 is 1. The molecular formula is C20H22O3S. The van der Waals surface area contributed by atoms with E-state index in [1.807, 2.05) is 61.5 Å². The number of benzene rings is 2. The fourth-order valence-electron chi connectivity index (χ4n) is 2.43. The minimum absolute atomic E-state index is 0.0910. The SMILES string of the molecule is COC(=O)C[C@H](CC(=O)SCc1ccccc1)c1ccc(C)cc1. The van der Waals surface area contributed by atoms with Gasteiger partial charge in [-0.05, 0) is 18.1 Å². The van der Waals surface area contributed by atoms with Crippen LogP contribution in [0.1, 0.15) is 35.4 Å². The van der Waals surface area contributed by atoms with Gasteiger partial charge in [0.1, 0.15) is 0 Å². The number of esters is 1. The van der Waals surface area contributed by atoms with Crippen molar-refractivity contribution in [2.75, 3.05) is 7.11 Å². The lowest BCUT2D eigenvalue weighted by Crippen LogP contribution is -2.12. The highest BCUT2D eigenvalue weighted by Gasteiger charge is 2.20. The number of aryl methyl sites for hydroxylation is 1. The van der Waals surface area contributed by atoms with E-state index in [0.717, 1.165) is 16.7 Å². The van der Waals surface area contributed by atoms with Gasteiger partial charge in [-0.25, -0.2) is 0 Å². The van der Waals surface area contributed by atoms with Crippen LogP contribution in [0.4, 0.5) is 0 Å². The normalized spacial score (nSPS) is 11.8. The van der Waals surface area contributed by atoms with Crippen molar-refractivity contribution in [1.29, 1.82) is 0 Å². The maximum absolute atomic E-state index is 12.3. The molecule has 0 N–H and O–H groups in total. The number of ether oxygens (including phenoxy) is 1. The van der Waals surface area contributed by atoms with Crippen LogP contribution in [0, 0.1) is 6.92 Å². The van der Waals surface area contributed by atoms with Crippen LogP contribution in [-0.2, 0) is 20.1 Å².